The van der Waals surface area contributed by atoms with E-state index in [1.165, 1.54) is 0 Å². The summed E-state index contributed by atoms with van der Waals surface area (Å²) in [7, 11) is 0. The summed E-state index contributed by atoms with van der Waals surface area (Å²) in [6.07, 6.45) is 1.39. The Labute approximate surface area is 41.9 Å². The minimum absolute atomic E-state index is 0.0556. The molecular weight excluding hydrogens is 94.0 g/mol. The van der Waals surface area contributed by atoms with Crippen LogP contribution in [0.3, 0.4) is 0 Å². The van der Waals surface area contributed by atoms with E-state index in [4.69, 9.17) is 10.3 Å². The predicted octanol–water partition coefficient (Wildman–Crippen LogP) is -0.511. The topological polar surface area (TPSA) is 52.5 Å². The second kappa shape index (κ2) is 1.78. The second-order valence-corrected chi connectivity index (χ2v) is 1.88. The number of rotatable bonds is 1. The Balaban J connectivity index is 2.16. The molecule has 3 N–H and O–H groups in total. The van der Waals surface area contributed by atoms with E-state index in [1.54, 1.807) is 0 Å². The molecule has 0 saturated heterocycles. The number of aliphatic hydroxyl groups excluding tert-OH is 1. The highest BCUT2D eigenvalue weighted by Crippen LogP contribution is 2.17. The summed E-state index contributed by atoms with van der Waals surface area (Å²) in [5.41, 5.74) is 2.00. The van der Waals surface area contributed by atoms with Crippen LogP contribution in [0, 0.1) is 0 Å². The van der Waals surface area contributed by atoms with E-state index in [2.05, 4.69) is 0 Å². The molecule has 1 aliphatic carbocycles. The average molecular weight is 103 g/mol. The van der Waals surface area contributed by atoms with Gasteiger partial charge < -0.3 is 10.3 Å². The van der Waals surface area contributed by atoms with Crippen molar-refractivity contribution in [3.05, 3.63) is 0 Å². The van der Waals surface area contributed by atoms with Gasteiger partial charge in [-0.3, -0.25) is 0 Å². The number of hydrogen-bond acceptors (Lipinski definition) is 3. The van der Waals surface area contributed by atoms with Gasteiger partial charge in [-0.2, -0.15) is 5.48 Å². The standard InChI is InChI=1S/C4H9NO2/c6-4-2-1-3(4)5-7/h3-7H,1-2H2. The molecule has 3 nitrogen and oxygen atoms in total. The molecule has 0 bridgehead atoms. The molecule has 1 saturated carbocycles. The molecule has 2 atom stereocenters. The number of nitrogens with one attached hydrogen (secondary N) is 1. The molecule has 0 spiro atoms. The third-order valence-electron chi connectivity index (χ3n) is 1.40. The molecule has 3 heteroatoms. The molecule has 0 heterocycles. The monoisotopic (exact) mass is 103 g/mol. The van der Waals surface area contributed by atoms with E-state index < -0.39 is 0 Å². The van der Waals surface area contributed by atoms with Crippen molar-refractivity contribution in [2.75, 3.05) is 0 Å². The molecular formula is C4H9NO2. The number of hydrogen-bond donors (Lipinski definition) is 3. The molecule has 0 aromatic heterocycles. The third kappa shape index (κ3) is 0.748. The van der Waals surface area contributed by atoms with Crippen LogP contribution in [-0.4, -0.2) is 22.5 Å². The van der Waals surface area contributed by atoms with Crippen LogP contribution in [0.1, 0.15) is 12.8 Å². The van der Waals surface area contributed by atoms with Crippen molar-refractivity contribution in [2.45, 2.75) is 25.0 Å². The van der Waals surface area contributed by atoms with Crippen molar-refractivity contribution in [3.63, 3.8) is 0 Å². The fourth-order valence-corrected chi connectivity index (χ4v) is 0.633. The summed E-state index contributed by atoms with van der Waals surface area (Å²) < 4.78 is 0. The number of aliphatic hydroxyl groups is 1. The Kier molecular flexibility index (Phi) is 1.27. The van der Waals surface area contributed by atoms with E-state index in [0.29, 0.717) is 0 Å². The zero-order valence-corrected chi connectivity index (χ0v) is 3.96. The maximum absolute atomic E-state index is 8.69. The van der Waals surface area contributed by atoms with Gasteiger partial charge >= 0.3 is 0 Å². The fourth-order valence-electron chi connectivity index (χ4n) is 0.633. The highest BCUT2D eigenvalue weighted by molar-refractivity contribution is 4.83. The maximum Gasteiger partial charge on any atom is 0.0716 e. The van der Waals surface area contributed by atoms with Gasteiger partial charge in [0, 0.05) is 0 Å². The highest BCUT2D eigenvalue weighted by Gasteiger charge is 2.27. The molecule has 42 valence electrons. The van der Waals surface area contributed by atoms with Crippen molar-refractivity contribution in [1.29, 1.82) is 0 Å². The Bertz CT molecular complexity index is 64.7. The lowest BCUT2D eigenvalue weighted by atomic mass is 9.90. The quantitative estimate of drug-likeness (QED) is 0.392. The zero-order chi connectivity index (χ0) is 5.28. The van der Waals surface area contributed by atoms with Crippen LogP contribution in [0.15, 0.2) is 0 Å². The first-order valence-corrected chi connectivity index (χ1v) is 2.42. The minimum atomic E-state index is -0.315. The molecule has 0 radical (unpaired) electrons. The van der Waals surface area contributed by atoms with Gasteiger partial charge in [-0.25, -0.2) is 0 Å². The lowest BCUT2D eigenvalue weighted by molar-refractivity contribution is -0.0183. The van der Waals surface area contributed by atoms with Gasteiger partial charge in [0.2, 0.25) is 0 Å². The molecule has 0 aromatic carbocycles. The van der Waals surface area contributed by atoms with E-state index >= 15 is 0 Å². The van der Waals surface area contributed by atoms with Crippen molar-refractivity contribution >= 4 is 0 Å². The largest absolute Gasteiger partial charge is 0.391 e. The van der Waals surface area contributed by atoms with Gasteiger partial charge in [0.25, 0.3) is 0 Å². The van der Waals surface area contributed by atoms with E-state index in [0.717, 1.165) is 12.8 Å². The van der Waals surface area contributed by atoms with E-state index in [1.807, 2.05) is 5.48 Å². The van der Waals surface area contributed by atoms with Gasteiger partial charge in [0.05, 0.1) is 12.1 Å². The maximum atomic E-state index is 8.69. The summed E-state index contributed by atoms with van der Waals surface area (Å²) in [5.74, 6) is 0. The molecule has 2 unspecified atom stereocenters. The molecule has 0 amide bonds. The highest BCUT2D eigenvalue weighted by atomic mass is 16.5. The van der Waals surface area contributed by atoms with Crippen molar-refractivity contribution in [2.24, 2.45) is 0 Å². The third-order valence-corrected chi connectivity index (χ3v) is 1.40. The molecule has 0 aromatic rings. The van der Waals surface area contributed by atoms with Crippen molar-refractivity contribution < 1.29 is 10.3 Å². The van der Waals surface area contributed by atoms with Gasteiger partial charge in [-0.1, -0.05) is 0 Å². The first-order valence-electron chi connectivity index (χ1n) is 2.42. The molecule has 1 rings (SSSR count). The lowest BCUT2D eigenvalue weighted by Crippen LogP contribution is -2.46. The fraction of sp³-hybridized carbons (Fsp3) is 1.00. The summed E-state index contributed by atoms with van der Waals surface area (Å²) in [5, 5.41) is 16.8. The molecule has 1 fully saturated rings. The summed E-state index contributed by atoms with van der Waals surface area (Å²) >= 11 is 0. The summed E-state index contributed by atoms with van der Waals surface area (Å²) in [4.78, 5) is 0. The van der Waals surface area contributed by atoms with E-state index in [-0.39, 0.29) is 12.1 Å². The predicted molar refractivity (Wildman–Crippen MR) is 24.0 cm³/mol. The van der Waals surface area contributed by atoms with Crippen LogP contribution in [0.2, 0.25) is 0 Å². The van der Waals surface area contributed by atoms with Gasteiger partial charge in [0.15, 0.2) is 0 Å². The zero-order valence-electron chi connectivity index (χ0n) is 3.96. The summed E-state index contributed by atoms with van der Waals surface area (Å²) in [6, 6.07) is -0.0556. The first-order chi connectivity index (χ1) is 3.34. The minimum Gasteiger partial charge on any atom is -0.391 e. The van der Waals surface area contributed by atoms with Crippen LogP contribution in [0.4, 0.5) is 0 Å². The Morgan fingerprint density at radius 2 is 2.14 bits per heavy atom. The van der Waals surface area contributed by atoms with Gasteiger partial charge in [0.1, 0.15) is 0 Å². The first kappa shape index (κ1) is 5.03. The van der Waals surface area contributed by atoms with Crippen molar-refractivity contribution in [1.82, 2.24) is 5.48 Å². The Morgan fingerprint density at radius 3 is 2.14 bits per heavy atom. The van der Waals surface area contributed by atoms with Crippen LogP contribution in [-0.2, 0) is 0 Å². The molecule has 0 aliphatic heterocycles. The summed E-state index contributed by atoms with van der Waals surface area (Å²) in [6.45, 7) is 0. The normalized spacial score (nSPS) is 40.3. The second-order valence-electron chi connectivity index (χ2n) is 1.88. The van der Waals surface area contributed by atoms with Crippen LogP contribution >= 0.6 is 0 Å². The smallest absolute Gasteiger partial charge is 0.0716 e. The SMILES string of the molecule is ONC1CCC1O. The van der Waals surface area contributed by atoms with Gasteiger partial charge in [-0.15, -0.1) is 0 Å². The molecule has 1 aliphatic rings. The van der Waals surface area contributed by atoms with Gasteiger partial charge in [-0.05, 0) is 12.8 Å². The Morgan fingerprint density at radius 1 is 1.43 bits per heavy atom. The number of hydroxylamine groups is 1. The average Bonchev–Trinajstić information content (AvgIpc) is 1.65. The van der Waals surface area contributed by atoms with Crippen LogP contribution in [0.25, 0.3) is 0 Å². The van der Waals surface area contributed by atoms with E-state index in [9.17, 15) is 0 Å². The van der Waals surface area contributed by atoms with Crippen LogP contribution < -0.4 is 5.48 Å². The Hall–Kier alpha value is -0.120. The van der Waals surface area contributed by atoms with Crippen molar-refractivity contribution in [3.8, 4) is 0 Å². The van der Waals surface area contributed by atoms with Crippen LogP contribution in [0.5, 0.6) is 0 Å². The lowest BCUT2D eigenvalue weighted by Gasteiger charge is -2.30. The molecule has 7 heavy (non-hydrogen) atoms.